The van der Waals surface area contributed by atoms with Crippen molar-refractivity contribution in [2.24, 2.45) is 0 Å². The first-order chi connectivity index (χ1) is 11.8. The Morgan fingerprint density at radius 3 is 2.44 bits per heavy atom. The van der Waals surface area contributed by atoms with Crippen molar-refractivity contribution in [2.75, 3.05) is 12.4 Å². The molecular weight excluding hydrogens is 338 g/mol. The van der Waals surface area contributed by atoms with Crippen LogP contribution in [-0.2, 0) is 4.79 Å². The van der Waals surface area contributed by atoms with Gasteiger partial charge in [0.15, 0.2) is 17.7 Å². The van der Waals surface area contributed by atoms with E-state index in [9.17, 15) is 23.7 Å². The molecule has 0 unspecified atom stereocenters. The Balaban J connectivity index is 2.13. The third-order valence-electron chi connectivity index (χ3n) is 3.23. The molecule has 2 rings (SSSR count). The van der Waals surface area contributed by atoms with Crippen molar-refractivity contribution in [3.05, 3.63) is 58.1 Å². The molecule has 0 aliphatic rings. The van der Waals surface area contributed by atoms with Crippen LogP contribution in [0, 0.1) is 21.7 Å². The summed E-state index contributed by atoms with van der Waals surface area (Å²) < 4.78 is 36.1. The minimum atomic E-state index is -1.11. The number of ether oxygens (including phenoxy) is 2. The van der Waals surface area contributed by atoms with Crippen LogP contribution in [0.25, 0.3) is 0 Å². The van der Waals surface area contributed by atoms with Crippen molar-refractivity contribution >= 4 is 17.3 Å². The van der Waals surface area contributed by atoms with Gasteiger partial charge in [0.1, 0.15) is 17.2 Å². The molecule has 0 radical (unpaired) electrons. The van der Waals surface area contributed by atoms with E-state index in [1.165, 1.54) is 26.2 Å². The van der Waals surface area contributed by atoms with Crippen molar-refractivity contribution in [3.63, 3.8) is 0 Å². The van der Waals surface area contributed by atoms with E-state index in [1.807, 2.05) is 0 Å². The van der Waals surface area contributed by atoms with Gasteiger partial charge < -0.3 is 14.8 Å². The largest absolute Gasteiger partial charge is 0.496 e. The number of benzene rings is 2. The number of rotatable bonds is 6. The Morgan fingerprint density at radius 1 is 1.16 bits per heavy atom. The molecule has 0 saturated carbocycles. The summed E-state index contributed by atoms with van der Waals surface area (Å²) in [6, 6.07) is 6.76. The molecule has 0 aliphatic carbocycles. The Hall–Kier alpha value is -3.23. The summed E-state index contributed by atoms with van der Waals surface area (Å²) in [4.78, 5) is 22.6. The minimum Gasteiger partial charge on any atom is -0.496 e. The first-order valence-corrected chi connectivity index (χ1v) is 7.07. The number of halogens is 2. The van der Waals surface area contributed by atoms with Crippen LogP contribution >= 0.6 is 0 Å². The maximum atomic E-state index is 13.1. The minimum absolute atomic E-state index is 0.0449. The number of nitrogens with one attached hydrogen (secondary N) is 1. The molecule has 0 bridgehead atoms. The molecular formula is C16H14F2N2O5. The molecule has 0 saturated heterocycles. The van der Waals surface area contributed by atoms with Gasteiger partial charge in [0.25, 0.3) is 11.6 Å². The second-order valence-corrected chi connectivity index (χ2v) is 4.97. The van der Waals surface area contributed by atoms with Crippen LogP contribution in [-0.4, -0.2) is 24.0 Å². The van der Waals surface area contributed by atoms with E-state index < -0.39 is 28.6 Å². The van der Waals surface area contributed by atoms with Gasteiger partial charge in [-0.2, -0.15) is 0 Å². The summed E-state index contributed by atoms with van der Waals surface area (Å²) in [5.74, 6) is -2.64. The third-order valence-corrected chi connectivity index (χ3v) is 3.23. The molecule has 0 fully saturated rings. The number of anilines is 1. The lowest BCUT2D eigenvalue weighted by Crippen LogP contribution is -2.30. The van der Waals surface area contributed by atoms with E-state index in [4.69, 9.17) is 9.47 Å². The van der Waals surface area contributed by atoms with Crippen LogP contribution in [0.5, 0.6) is 11.5 Å². The molecule has 0 spiro atoms. The van der Waals surface area contributed by atoms with Gasteiger partial charge in [-0.05, 0) is 31.2 Å². The summed E-state index contributed by atoms with van der Waals surface area (Å²) in [7, 11) is 1.36. The number of nitro groups is 1. The maximum absolute atomic E-state index is 13.1. The van der Waals surface area contributed by atoms with E-state index in [-0.39, 0.29) is 22.9 Å². The van der Waals surface area contributed by atoms with E-state index in [1.54, 1.807) is 0 Å². The van der Waals surface area contributed by atoms with Crippen molar-refractivity contribution in [3.8, 4) is 11.5 Å². The summed E-state index contributed by atoms with van der Waals surface area (Å²) in [6.45, 7) is 1.37. The molecule has 0 aliphatic heterocycles. The lowest BCUT2D eigenvalue weighted by molar-refractivity contribution is -0.384. The van der Waals surface area contributed by atoms with Gasteiger partial charge in [0, 0.05) is 6.07 Å². The normalized spacial score (nSPS) is 11.5. The van der Waals surface area contributed by atoms with Crippen LogP contribution < -0.4 is 14.8 Å². The van der Waals surface area contributed by atoms with Gasteiger partial charge in [0.05, 0.1) is 18.1 Å². The molecule has 1 amide bonds. The Morgan fingerprint density at radius 2 is 1.84 bits per heavy atom. The lowest BCUT2D eigenvalue weighted by Gasteiger charge is -2.15. The average Bonchev–Trinajstić information content (AvgIpc) is 2.58. The molecule has 1 N–H and O–H groups in total. The second kappa shape index (κ2) is 7.56. The highest BCUT2D eigenvalue weighted by Crippen LogP contribution is 2.29. The zero-order chi connectivity index (χ0) is 18.6. The zero-order valence-electron chi connectivity index (χ0n) is 13.3. The highest BCUT2D eigenvalue weighted by molar-refractivity contribution is 5.96. The molecule has 2 aromatic carbocycles. The van der Waals surface area contributed by atoms with Gasteiger partial charge in [-0.15, -0.1) is 0 Å². The molecule has 0 heterocycles. The van der Waals surface area contributed by atoms with Gasteiger partial charge in [-0.1, -0.05) is 0 Å². The fourth-order valence-electron chi connectivity index (χ4n) is 1.94. The number of carbonyl (C=O) groups excluding carboxylic acids is 1. The fraction of sp³-hybridized carbons (Fsp3) is 0.188. The summed E-state index contributed by atoms with van der Waals surface area (Å²) in [5.41, 5.74) is -0.399. The number of carbonyl (C=O) groups is 1. The highest BCUT2D eigenvalue weighted by atomic mass is 19.2. The summed E-state index contributed by atoms with van der Waals surface area (Å²) in [6.07, 6.45) is -1.11. The topological polar surface area (TPSA) is 90.7 Å². The van der Waals surface area contributed by atoms with Crippen LogP contribution in [0.2, 0.25) is 0 Å². The fourth-order valence-corrected chi connectivity index (χ4v) is 1.94. The first kappa shape index (κ1) is 18.1. The summed E-state index contributed by atoms with van der Waals surface area (Å²) in [5, 5.41) is 13.5. The maximum Gasteiger partial charge on any atom is 0.296 e. The number of methoxy groups -OCH3 is 1. The van der Waals surface area contributed by atoms with E-state index in [0.29, 0.717) is 0 Å². The van der Waals surface area contributed by atoms with Crippen molar-refractivity contribution in [2.45, 2.75) is 13.0 Å². The van der Waals surface area contributed by atoms with E-state index >= 15 is 0 Å². The molecule has 25 heavy (non-hydrogen) atoms. The van der Waals surface area contributed by atoms with Gasteiger partial charge in [0.2, 0.25) is 0 Å². The highest BCUT2D eigenvalue weighted by Gasteiger charge is 2.21. The quantitative estimate of drug-likeness (QED) is 0.636. The first-order valence-electron chi connectivity index (χ1n) is 7.07. The smallest absolute Gasteiger partial charge is 0.296 e. The Kier molecular flexibility index (Phi) is 5.48. The van der Waals surface area contributed by atoms with Crippen molar-refractivity contribution < 1.29 is 28.0 Å². The predicted molar refractivity (Wildman–Crippen MR) is 84.7 cm³/mol. The molecule has 2 aromatic rings. The van der Waals surface area contributed by atoms with Crippen LogP contribution in [0.4, 0.5) is 20.2 Å². The van der Waals surface area contributed by atoms with Crippen molar-refractivity contribution in [1.82, 2.24) is 0 Å². The monoisotopic (exact) mass is 352 g/mol. The number of hydrogen-bond acceptors (Lipinski definition) is 5. The van der Waals surface area contributed by atoms with Gasteiger partial charge in [-0.3, -0.25) is 14.9 Å². The second-order valence-electron chi connectivity index (χ2n) is 4.97. The van der Waals surface area contributed by atoms with Gasteiger partial charge in [-0.25, -0.2) is 8.78 Å². The number of nitrogens with zero attached hydrogens (tertiary/aromatic N) is 1. The number of hydrogen-bond donors (Lipinski definition) is 1. The Bertz CT molecular complexity index is 813. The standard InChI is InChI=1S/C16H14F2N2O5/c1-9(25-11-3-5-12(17)13(18)7-11)16(21)19-14-6-4-10(24-2)8-15(14)20(22)23/h3-9H,1-2H3,(H,19,21)/t9-/m1/s1. The summed E-state index contributed by atoms with van der Waals surface area (Å²) >= 11 is 0. The lowest BCUT2D eigenvalue weighted by atomic mass is 10.2. The van der Waals surface area contributed by atoms with Gasteiger partial charge >= 0.3 is 0 Å². The van der Waals surface area contributed by atoms with E-state index in [0.717, 1.165) is 24.3 Å². The molecule has 9 heteroatoms. The number of amides is 1. The predicted octanol–water partition coefficient (Wildman–Crippen LogP) is 3.29. The molecule has 1 atom stereocenters. The SMILES string of the molecule is COc1ccc(NC(=O)[C@@H](C)Oc2ccc(F)c(F)c2)c([N+](=O)[O-])c1. The van der Waals surface area contributed by atoms with E-state index in [2.05, 4.69) is 5.32 Å². The molecule has 0 aromatic heterocycles. The Labute approximate surface area is 141 Å². The molecule has 132 valence electrons. The zero-order valence-corrected chi connectivity index (χ0v) is 13.3. The molecule has 7 nitrogen and oxygen atoms in total. The average molecular weight is 352 g/mol. The van der Waals surface area contributed by atoms with Crippen LogP contribution in [0.1, 0.15) is 6.92 Å². The number of nitro benzene ring substituents is 1. The van der Waals surface area contributed by atoms with Crippen LogP contribution in [0.3, 0.4) is 0 Å². The third kappa shape index (κ3) is 4.40. The van der Waals surface area contributed by atoms with Crippen LogP contribution in [0.15, 0.2) is 36.4 Å². The van der Waals surface area contributed by atoms with Crippen molar-refractivity contribution in [1.29, 1.82) is 0 Å².